The van der Waals surface area contributed by atoms with E-state index in [4.69, 9.17) is 20.3 Å². The highest BCUT2D eigenvalue weighted by Crippen LogP contribution is 2.29. The molecule has 1 atom stereocenters. The van der Waals surface area contributed by atoms with Crippen molar-refractivity contribution in [2.75, 3.05) is 13.7 Å². The fourth-order valence-electron chi connectivity index (χ4n) is 1.30. The number of rotatable bonds is 5. The van der Waals surface area contributed by atoms with E-state index in [2.05, 4.69) is 0 Å². The molecule has 0 spiro atoms. The molecular formula is C11H15NO4. The Balaban J connectivity index is 3.05. The van der Waals surface area contributed by atoms with Crippen LogP contribution in [0.1, 0.15) is 18.5 Å². The van der Waals surface area contributed by atoms with Gasteiger partial charge in [-0.3, -0.25) is 4.79 Å². The minimum Gasteiger partial charge on any atom is -0.493 e. The van der Waals surface area contributed by atoms with Crippen LogP contribution in [0.4, 0.5) is 0 Å². The number of methoxy groups -OCH3 is 1. The molecule has 5 heteroatoms. The number of carboxylic acids is 1. The van der Waals surface area contributed by atoms with Crippen LogP contribution < -0.4 is 15.2 Å². The first-order valence-electron chi connectivity index (χ1n) is 4.89. The number of carboxylic acid groups (broad SMARTS) is 1. The highest BCUT2D eigenvalue weighted by Gasteiger charge is 2.16. The van der Waals surface area contributed by atoms with Gasteiger partial charge in [0, 0.05) is 0 Å². The summed E-state index contributed by atoms with van der Waals surface area (Å²) in [5.41, 5.74) is 5.98. The molecule has 0 saturated carbocycles. The minimum atomic E-state index is -1.08. The second-order valence-corrected chi connectivity index (χ2v) is 3.16. The molecule has 1 aromatic rings. The van der Waals surface area contributed by atoms with Gasteiger partial charge in [0.25, 0.3) is 0 Å². The summed E-state index contributed by atoms with van der Waals surface area (Å²) in [5, 5.41) is 8.79. The SMILES string of the molecule is CCOc1cc([C@@H](N)C(=O)O)ccc1OC. The summed E-state index contributed by atoms with van der Waals surface area (Å²) in [7, 11) is 1.52. The van der Waals surface area contributed by atoms with E-state index in [0.29, 0.717) is 23.7 Å². The molecule has 0 aliphatic rings. The second-order valence-electron chi connectivity index (χ2n) is 3.16. The second kappa shape index (κ2) is 5.37. The summed E-state index contributed by atoms with van der Waals surface area (Å²) in [6.07, 6.45) is 0. The highest BCUT2D eigenvalue weighted by molar-refractivity contribution is 5.75. The Morgan fingerprint density at radius 2 is 2.19 bits per heavy atom. The van der Waals surface area contributed by atoms with Gasteiger partial charge in [-0.25, -0.2) is 0 Å². The first-order chi connectivity index (χ1) is 7.60. The summed E-state index contributed by atoms with van der Waals surface area (Å²) in [5.74, 6) is -0.0185. The van der Waals surface area contributed by atoms with Crippen molar-refractivity contribution in [2.45, 2.75) is 13.0 Å². The van der Waals surface area contributed by atoms with Gasteiger partial charge in [-0.2, -0.15) is 0 Å². The van der Waals surface area contributed by atoms with E-state index in [0.717, 1.165) is 0 Å². The molecule has 0 fully saturated rings. The Morgan fingerprint density at radius 3 is 2.69 bits per heavy atom. The van der Waals surface area contributed by atoms with E-state index < -0.39 is 12.0 Å². The third kappa shape index (κ3) is 2.64. The molecule has 0 aliphatic heterocycles. The molecule has 1 rings (SSSR count). The van der Waals surface area contributed by atoms with E-state index in [1.54, 1.807) is 18.2 Å². The van der Waals surface area contributed by atoms with Gasteiger partial charge in [0.15, 0.2) is 11.5 Å². The van der Waals surface area contributed by atoms with Crippen molar-refractivity contribution in [3.05, 3.63) is 23.8 Å². The summed E-state index contributed by atoms with van der Waals surface area (Å²) in [6.45, 7) is 2.31. The lowest BCUT2D eigenvalue weighted by Gasteiger charge is -2.12. The van der Waals surface area contributed by atoms with E-state index in [9.17, 15) is 4.79 Å². The van der Waals surface area contributed by atoms with Crippen molar-refractivity contribution in [3.63, 3.8) is 0 Å². The van der Waals surface area contributed by atoms with Gasteiger partial charge >= 0.3 is 5.97 Å². The lowest BCUT2D eigenvalue weighted by Crippen LogP contribution is -2.20. The number of benzene rings is 1. The first kappa shape index (κ1) is 12.3. The van der Waals surface area contributed by atoms with Gasteiger partial charge in [-0.1, -0.05) is 6.07 Å². The van der Waals surface area contributed by atoms with Gasteiger partial charge < -0.3 is 20.3 Å². The van der Waals surface area contributed by atoms with E-state index >= 15 is 0 Å². The van der Waals surface area contributed by atoms with Crippen LogP contribution in [0.15, 0.2) is 18.2 Å². The number of hydrogen-bond acceptors (Lipinski definition) is 4. The number of aliphatic carboxylic acids is 1. The van der Waals surface area contributed by atoms with Crippen LogP contribution in [-0.4, -0.2) is 24.8 Å². The molecule has 1 aromatic carbocycles. The van der Waals surface area contributed by atoms with Crippen molar-refractivity contribution < 1.29 is 19.4 Å². The Morgan fingerprint density at radius 1 is 1.50 bits per heavy atom. The zero-order valence-corrected chi connectivity index (χ0v) is 9.27. The summed E-state index contributed by atoms with van der Waals surface area (Å²) >= 11 is 0. The molecule has 0 amide bonds. The van der Waals surface area contributed by atoms with Crippen LogP contribution >= 0.6 is 0 Å². The van der Waals surface area contributed by atoms with E-state index in [1.165, 1.54) is 7.11 Å². The third-order valence-corrected chi connectivity index (χ3v) is 2.11. The molecule has 0 heterocycles. The fraction of sp³-hybridized carbons (Fsp3) is 0.364. The molecule has 0 saturated heterocycles. The van der Waals surface area contributed by atoms with Gasteiger partial charge in [0.1, 0.15) is 6.04 Å². The van der Waals surface area contributed by atoms with Gasteiger partial charge in [0.05, 0.1) is 13.7 Å². The van der Waals surface area contributed by atoms with Crippen LogP contribution in [-0.2, 0) is 4.79 Å². The molecule has 88 valence electrons. The maximum atomic E-state index is 10.7. The monoisotopic (exact) mass is 225 g/mol. The third-order valence-electron chi connectivity index (χ3n) is 2.11. The zero-order chi connectivity index (χ0) is 12.1. The predicted molar refractivity (Wildman–Crippen MR) is 58.7 cm³/mol. The number of nitrogens with two attached hydrogens (primary N) is 1. The highest BCUT2D eigenvalue weighted by atomic mass is 16.5. The van der Waals surface area contributed by atoms with Crippen molar-refractivity contribution in [1.29, 1.82) is 0 Å². The molecule has 0 unspecified atom stereocenters. The number of ether oxygens (including phenoxy) is 2. The van der Waals surface area contributed by atoms with Gasteiger partial charge in [-0.05, 0) is 24.6 Å². The quantitative estimate of drug-likeness (QED) is 0.786. The van der Waals surface area contributed by atoms with Crippen LogP contribution in [0.2, 0.25) is 0 Å². The lowest BCUT2D eigenvalue weighted by molar-refractivity contribution is -0.138. The van der Waals surface area contributed by atoms with E-state index in [-0.39, 0.29) is 0 Å². The Labute approximate surface area is 93.8 Å². The van der Waals surface area contributed by atoms with Crippen LogP contribution in [0.5, 0.6) is 11.5 Å². The smallest absolute Gasteiger partial charge is 0.325 e. The molecule has 16 heavy (non-hydrogen) atoms. The zero-order valence-electron chi connectivity index (χ0n) is 9.27. The Bertz CT molecular complexity index is 378. The van der Waals surface area contributed by atoms with Crippen molar-refractivity contribution in [3.8, 4) is 11.5 Å². The molecule has 0 aliphatic carbocycles. The van der Waals surface area contributed by atoms with Crippen LogP contribution in [0, 0.1) is 0 Å². The first-order valence-corrected chi connectivity index (χ1v) is 4.89. The van der Waals surface area contributed by atoms with Crippen molar-refractivity contribution in [1.82, 2.24) is 0 Å². The average Bonchev–Trinajstić information content (AvgIpc) is 2.28. The van der Waals surface area contributed by atoms with Gasteiger partial charge in [-0.15, -0.1) is 0 Å². The van der Waals surface area contributed by atoms with Crippen LogP contribution in [0.3, 0.4) is 0 Å². The minimum absolute atomic E-state index is 0.474. The molecule has 0 bridgehead atoms. The van der Waals surface area contributed by atoms with Crippen LogP contribution in [0.25, 0.3) is 0 Å². The topological polar surface area (TPSA) is 81.8 Å². The number of carbonyl (C=O) groups is 1. The summed E-state index contributed by atoms with van der Waals surface area (Å²) < 4.78 is 10.4. The maximum absolute atomic E-state index is 10.7. The molecule has 5 nitrogen and oxygen atoms in total. The fourth-order valence-corrected chi connectivity index (χ4v) is 1.30. The molecular weight excluding hydrogens is 210 g/mol. The molecule has 0 radical (unpaired) electrons. The van der Waals surface area contributed by atoms with Crippen molar-refractivity contribution in [2.24, 2.45) is 5.73 Å². The number of hydrogen-bond donors (Lipinski definition) is 2. The van der Waals surface area contributed by atoms with Gasteiger partial charge in [0.2, 0.25) is 0 Å². The standard InChI is InChI=1S/C11H15NO4/c1-3-16-9-6-7(10(12)11(13)14)4-5-8(9)15-2/h4-6,10H,3,12H2,1-2H3,(H,13,14)/t10-/m1/s1. The molecule has 3 N–H and O–H groups in total. The van der Waals surface area contributed by atoms with Crippen molar-refractivity contribution >= 4 is 5.97 Å². The predicted octanol–water partition coefficient (Wildman–Crippen LogP) is 1.18. The summed E-state index contributed by atoms with van der Waals surface area (Å²) in [6, 6.07) is 3.79. The Kier molecular flexibility index (Phi) is 4.13. The normalized spacial score (nSPS) is 11.9. The average molecular weight is 225 g/mol. The molecule has 0 aromatic heterocycles. The maximum Gasteiger partial charge on any atom is 0.325 e. The Hall–Kier alpha value is -1.75. The van der Waals surface area contributed by atoms with E-state index in [1.807, 2.05) is 6.92 Å². The summed E-state index contributed by atoms with van der Waals surface area (Å²) in [4.78, 5) is 10.7. The lowest BCUT2D eigenvalue weighted by atomic mass is 10.1. The largest absolute Gasteiger partial charge is 0.493 e.